The zero-order chi connectivity index (χ0) is 24.7. The molecule has 1 atom stereocenters. The minimum absolute atomic E-state index is 0.0798. The van der Waals surface area contributed by atoms with Crippen molar-refractivity contribution in [3.8, 4) is 0 Å². The quantitative estimate of drug-likeness (QED) is 0.535. The van der Waals surface area contributed by atoms with Gasteiger partial charge < -0.3 is 15.2 Å². The van der Waals surface area contributed by atoms with Crippen molar-refractivity contribution in [3.63, 3.8) is 0 Å². The lowest BCUT2D eigenvalue weighted by Gasteiger charge is -2.48. The van der Waals surface area contributed by atoms with Gasteiger partial charge in [0.2, 0.25) is 0 Å². The van der Waals surface area contributed by atoms with Crippen molar-refractivity contribution in [2.24, 2.45) is 17.3 Å². The maximum atomic E-state index is 13.3. The second kappa shape index (κ2) is 9.54. The van der Waals surface area contributed by atoms with Gasteiger partial charge in [-0.15, -0.1) is 0 Å². The summed E-state index contributed by atoms with van der Waals surface area (Å²) in [7, 11) is 0. The van der Waals surface area contributed by atoms with E-state index in [9.17, 15) is 14.7 Å². The molecule has 2 heterocycles. The first-order valence-electron chi connectivity index (χ1n) is 12.4. The predicted octanol–water partition coefficient (Wildman–Crippen LogP) is 5.73. The largest absolute Gasteiger partial charge is 0.481 e. The number of rotatable bonds is 6. The number of aryl methyl sites for hydroxylation is 1. The highest BCUT2D eigenvalue weighted by Crippen LogP contribution is 2.44. The molecule has 1 aromatic rings. The van der Waals surface area contributed by atoms with E-state index < -0.39 is 11.5 Å². The summed E-state index contributed by atoms with van der Waals surface area (Å²) < 4.78 is 5.61. The number of carbonyl (C=O) groups excluding carboxylic acids is 1. The number of hydrogen-bond acceptors (Lipinski definition) is 3. The normalized spacial score (nSPS) is 28.2. The molecule has 2 amide bonds. The number of urea groups is 1. The number of aliphatic carboxylic acids is 1. The first-order valence-corrected chi connectivity index (χ1v) is 12.8. The van der Waals surface area contributed by atoms with Crippen molar-refractivity contribution in [1.29, 1.82) is 0 Å². The summed E-state index contributed by atoms with van der Waals surface area (Å²) in [6.07, 6.45) is 6.72. The predicted molar refractivity (Wildman–Crippen MR) is 133 cm³/mol. The summed E-state index contributed by atoms with van der Waals surface area (Å²) in [5.41, 5.74) is 2.79. The highest BCUT2D eigenvalue weighted by Gasteiger charge is 2.46. The van der Waals surface area contributed by atoms with Crippen LogP contribution in [-0.4, -0.2) is 41.3 Å². The number of nitrogens with one attached hydrogen (secondary N) is 1. The molecule has 186 valence electrons. The van der Waals surface area contributed by atoms with Gasteiger partial charge in [0.1, 0.15) is 0 Å². The SMILES string of the molecule is CC(C)(C)CCc1ccc([C@@]2(C)NC(=O)N(C3CC(C(=O)O)C3)C=C2C2CCOCC2)cc1Cl. The van der Waals surface area contributed by atoms with Gasteiger partial charge in [0.15, 0.2) is 0 Å². The summed E-state index contributed by atoms with van der Waals surface area (Å²) in [5, 5.41) is 13.3. The van der Waals surface area contributed by atoms with Gasteiger partial charge in [0.25, 0.3) is 0 Å². The Balaban J connectivity index is 1.64. The Morgan fingerprint density at radius 1 is 1.26 bits per heavy atom. The van der Waals surface area contributed by atoms with Crippen LogP contribution in [0.25, 0.3) is 0 Å². The molecule has 2 N–H and O–H groups in total. The van der Waals surface area contributed by atoms with E-state index in [1.54, 1.807) is 4.90 Å². The Hall–Kier alpha value is -2.05. The Labute approximate surface area is 207 Å². The van der Waals surface area contributed by atoms with Crippen molar-refractivity contribution in [2.45, 2.75) is 77.8 Å². The Bertz CT molecular complexity index is 973. The van der Waals surface area contributed by atoms with Crippen molar-refractivity contribution < 1.29 is 19.4 Å². The van der Waals surface area contributed by atoms with Crippen LogP contribution in [0.15, 0.2) is 30.0 Å². The van der Waals surface area contributed by atoms with E-state index in [-0.39, 0.29) is 29.3 Å². The lowest BCUT2D eigenvalue weighted by Crippen LogP contribution is -2.59. The molecule has 0 radical (unpaired) electrons. The number of nitrogens with zero attached hydrogens (tertiary/aromatic N) is 1. The molecule has 0 bridgehead atoms. The zero-order valence-corrected chi connectivity index (χ0v) is 21.5. The van der Waals surface area contributed by atoms with Crippen molar-refractivity contribution in [1.82, 2.24) is 10.2 Å². The van der Waals surface area contributed by atoms with Crippen molar-refractivity contribution in [3.05, 3.63) is 46.1 Å². The van der Waals surface area contributed by atoms with E-state index in [1.807, 2.05) is 12.3 Å². The molecule has 1 saturated carbocycles. The highest BCUT2D eigenvalue weighted by atomic mass is 35.5. The molecule has 2 fully saturated rings. The van der Waals surface area contributed by atoms with Crippen LogP contribution in [0.5, 0.6) is 0 Å². The van der Waals surface area contributed by atoms with Gasteiger partial charge in [-0.05, 0) is 79.5 Å². The number of amides is 2. The van der Waals surface area contributed by atoms with E-state index in [4.69, 9.17) is 16.3 Å². The summed E-state index contributed by atoms with van der Waals surface area (Å²) in [6, 6.07) is 5.94. The fourth-order valence-electron chi connectivity index (χ4n) is 5.31. The first-order chi connectivity index (χ1) is 16.0. The minimum atomic E-state index is -0.784. The maximum absolute atomic E-state index is 13.3. The van der Waals surface area contributed by atoms with E-state index in [0.717, 1.165) is 47.4 Å². The van der Waals surface area contributed by atoms with Gasteiger partial charge in [-0.3, -0.25) is 9.69 Å². The third kappa shape index (κ3) is 5.13. The molecule has 1 saturated heterocycles. The number of halogens is 1. The van der Waals surface area contributed by atoms with Gasteiger partial charge in [-0.25, -0.2) is 4.79 Å². The molecule has 0 aromatic heterocycles. The number of carboxylic acid groups (broad SMARTS) is 1. The number of hydrogen-bond donors (Lipinski definition) is 2. The summed E-state index contributed by atoms with van der Waals surface area (Å²) in [4.78, 5) is 26.3. The van der Waals surface area contributed by atoms with Crippen LogP contribution < -0.4 is 5.32 Å². The van der Waals surface area contributed by atoms with Crippen LogP contribution in [0.1, 0.15) is 70.9 Å². The van der Waals surface area contributed by atoms with Gasteiger partial charge in [-0.1, -0.05) is 44.5 Å². The van der Waals surface area contributed by atoms with Crippen molar-refractivity contribution >= 4 is 23.6 Å². The van der Waals surface area contributed by atoms with E-state index in [2.05, 4.69) is 45.1 Å². The van der Waals surface area contributed by atoms with Crippen molar-refractivity contribution in [2.75, 3.05) is 13.2 Å². The van der Waals surface area contributed by atoms with Crippen LogP contribution in [0.3, 0.4) is 0 Å². The van der Waals surface area contributed by atoms with Gasteiger partial charge in [-0.2, -0.15) is 0 Å². The fraction of sp³-hybridized carbons (Fsp3) is 0.630. The molecule has 0 unspecified atom stereocenters. The van der Waals surface area contributed by atoms with Gasteiger partial charge in [0, 0.05) is 30.5 Å². The zero-order valence-electron chi connectivity index (χ0n) is 20.7. The maximum Gasteiger partial charge on any atom is 0.322 e. The topological polar surface area (TPSA) is 78.9 Å². The number of carboxylic acids is 1. The molecule has 34 heavy (non-hydrogen) atoms. The van der Waals surface area contributed by atoms with E-state index >= 15 is 0 Å². The molecule has 3 aliphatic rings. The smallest absolute Gasteiger partial charge is 0.322 e. The molecular weight excluding hydrogens is 452 g/mol. The number of carbonyl (C=O) groups is 2. The van der Waals surface area contributed by atoms with E-state index in [0.29, 0.717) is 26.1 Å². The molecule has 6 nitrogen and oxygen atoms in total. The second-order valence-electron chi connectivity index (χ2n) is 11.5. The van der Waals surface area contributed by atoms with Crippen LogP contribution in [0.2, 0.25) is 5.02 Å². The third-order valence-electron chi connectivity index (χ3n) is 7.74. The average molecular weight is 489 g/mol. The first kappa shape index (κ1) is 25.1. The lowest BCUT2D eigenvalue weighted by molar-refractivity contribution is -0.146. The van der Waals surface area contributed by atoms with Gasteiger partial charge in [0.05, 0.1) is 11.5 Å². The fourth-order valence-corrected chi connectivity index (χ4v) is 5.58. The average Bonchev–Trinajstić information content (AvgIpc) is 2.73. The molecule has 0 spiro atoms. The van der Waals surface area contributed by atoms with Gasteiger partial charge >= 0.3 is 12.0 Å². The van der Waals surface area contributed by atoms with Crippen LogP contribution >= 0.6 is 11.6 Å². The van der Waals surface area contributed by atoms with Crippen LogP contribution in [-0.2, 0) is 21.5 Å². The summed E-state index contributed by atoms with van der Waals surface area (Å²) >= 11 is 6.75. The standard InChI is InChI=1S/C27H37ClN2O4/c1-26(2,3)10-7-18-5-6-20(15-23(18)28)27(4)22(17-8-11-34-12-9-17)16-30(25(33)29-27)21-13-19(14-21)24(31)32/h5-6,15-17,19,21H,7-14H2,1-4H3,(H,29,33)(H,31,32)/t19?,21?,27-/m1/s1. The van der Waals surface area contributed by atoms with E-state index in [1.165, 1.54) is 0 Å². The Morgan fingerprint density at radius 2 is 1.94 bits per heavy atom. The molecule has 7 heteroatoms. The molecule has 1 aliphatic carbocycles. The lowest BCUT2D eigenvalue weighted by atomic mass is 9.73. The minimum Gasteiger partial charge on any atom is -0.481 e. The molecule has 2 aliphatic heterocycles. The number of ether oxygens (including phenoxy) is 1. The third-order valence-corrected chi connectivity index (χ3v) is 8.09. The molecule has 4 rings (SSSR count). The Morgan fingerprint density at radius 3 is 2.53 bits per heavy atom. The highest BCUT2D eigenvalue weighted by molar-refractivity contribution is 6.31. The Kier molecular flexibility index (Phi) is 7.03. The summed E-state index contributed by atoms with van der Waals surface area (Å²) in [6.45, 7) is 10.1. The summed E-state index contributed by atoms with van der Waals surface area (Å²) in [5.74, 6) is -0.879. The number of benzene rings is 1. The monoisotopic (exact) mass is 488 g/mol. The molecule has 1 aromatic carbocycles. The molecular formula is C27H37ClN2O4. The van der Waals surface area contributed by atoms with Crippen LogP contribution in [0.4, 0.5) is 4.79 Å². The second-order valence-corrected chi connectivity index (χ2v) is 11.9. The van der Waals surface area contributed by atoms with Crippen LogP contribution in [0, 0.1) is 17.3 Å².